The van der Waals surface area contributed by atoms with Crippen molar-refractivity contribution < 1.29 is 9.22 Å². The van der Waals surface area contributed by atoms with Crippen LogP contribution < -0.4 is 5.19 Å². The Balaban J connectivity index is 2.25. The van der Waals surface area contributed by atoms with Crippen LogP contribution in [0.5, 0.6) is 0 Å². The Labute approximate surface area is 87.4 Å². The Morgan fingerprint density at radius 2 is 1.93 bits per heavy atom. The molecule has 0 spiro atoms. The summed E-state index contributed by atoms with van der Waals surface area (Å²) in [7, 11) is -2.10. The molecule has 1 aromatic carbocycles. The van der Waals surface area contributed by atoms with E-state index in [4.69, 9.17) is 4.43 Å². The van der Waals surface area contributed by atoms with Crippen molar-refractivity contribution in [1.29, 1.82) is 0 Å². The molecular weight excluding hydrogens is 192 g/mol. The average molecular weight is 210 g/mol. The summed E-state index contributed by atoms with van der Waals surface area (Å²) in [5, 5.41) is 0.962. The maximum Gasteiger partial charge on any atom is 0.353 e. The first-order valence-electron chi connectivity index (χ1n) is 5.19. The van der Waals surface area contributed by atoms with E-state index < -0.39 is 9.28 Å². The number of benzene rings is 1. The Kier molecular flexibility index (Phi) is 5.52. The molecule has 0 bridgehead atoms. The van der Waals surface area contributed by atoms with E-state index in [0.29, 0.717) is 6.61 Å². The van der Waals surface area contributed by atoms with E-state index in [1.807, 2.05) is 30.3 Å². The van der Waals surface area contributed by atoms with Crippen LogP contribution in [0.2, 0.25) is 0 Å². The van der Waals surface area contributed by atoms with Crippen molar-refractivity contribution in [2.45, 2.75) is 26.2 Å². The largest absolute Gasteiger partial charge is 0.410 e. The second-order valence-electron chi connectivity index (χ2n) is 3.34. The zero-order valence-corrected chi connectivity index (χ0v) is 9.80. The Bertz CT molecular complexity index is 238. The maximum absolute atomic E-state index is 9.74. The van der Waals surface area contributed by atoms with Crippen LogP contribution >= 0.6 is 0 Å². The molecule has 0 radical (unpaired) electrons. The lowest BCUT2D eigenvalue weighted by molar-refractivity contribution is 0.262. The molecule has 0 aliphatic carbocycles. The van der Waals surface area contributed by atoms with E-state index in [1.54, 1.807) is 0 Å². The van der Waals surface area contributed by atoms with Crippen molar-refractivity contribution in [2.24, 2.45) is 0 Å². The van der Waals surface area contributed by atoms with Crippen LogP contribution in [0.25, 0.3) is 0 Å². The molecule has 0 saturated heterocycles. The van der Waals surface area contributed by atoms with Gasteiger partial charge in [0.25, 0.3) is 0 Å². The van der Waals surface area contributed by atoms with Gasteiger partial charge in [0.15, 0.2) is 0 Å². The molecule has 1 N–H and O–H groups in total. The van der Waals surface area contributed by atoms with Crippen molar-refractivity contribution >= 4 is 14.5 Å². The fourth-order valence-electron chi connectivity index (χ4n) is 1.26. The highest BCUT2D eigenvalue weighted by Crippen LogP contribution is 1.95. The molecule has 1 rings (SSSR count). The van der Waals surface area contributed by atoms with Crippen LogP contribution in [-0.2, 0) is 4.43 Å². The van der Waals surface area contributed by atoms with Gasteiger partial charge in [0.2, 0.25) is 0 Å². The third-order valence-corrected chi connectivity index (χ3v) is 3.61. The van der Waals surface area contributed by atoms with Crippen LogP contribution in [0.15, 0.2) is 30.3 Å². The molecule has 2 nitrogen and oxygen atoms in total. The molecule has 0 heterocycles. The Hall–Kier alpha value is -0.643. The summed E-state index contributed by atoms with van der Waals surface area (Å²) in [6.07, 6.45) is 3.41. The van der Waals surface area contributed by atoms with E-state index in [2.05, 4.69) is 6.92 Å². The maximum atomic E-state index is 9.74. The number of hydrogen-bond acceptors (Lipinski definition) is 2. The minimum atomic E-state index is -2.10. The van der Waals surface area contributed by atoms with Gasteiger partial charge in [-0.2, -0.15) is 0 Å². The fraction of sp³-hybridized carbons (Fsp3) is 0.455. The molecular formula is C11H18O2Si. The van der Waals surface area contributed by atoms with E-state index in [9.17, 15) is 4.80 Å². The van der Waals surface area contributed by atoms with E-state index in [-0.39, 0.29) is 0 Å². The highest BCUT2D eigenvalue weighted by molar-refractivity contribution is 6.59. The van der Waals surface area contributed by atoms with Gasteiger partial charge < -0.3 is 9.22 Å². The summed E-state index contributed by atoms with van der Waals surface area (Å²) in [6, 6.07) is 9.66. The molecule has 0 saturated carbocycles. The molecule has 1 atom stereocenters. The summed E-state index contributed by atoms with van der Waals surface area (Å²) in [5.41, 5.74) is 0. The lowest BCUT2D eigenvalue weighted by Gasteiger charge is -2.09. The third-order valence-electron chi connectivity index (χ3n) is 2.11. The van der Waals surface area contributed by atoms with Gasteiger partial charge >= 0.3 is 9.28 Å². The zero-order chi connectivity index (χ0) is 10.2. The van der Waals surface area contributed by atoms with Gasteiger partial charge in [-0.25, -0.2) is 0 Å². The van der Waals surface area contributed by atoms with E-state index >= 15 is 0 Å². The summed E-state index contributed by atoms with van der Waals surface area (Å²) >= 11 is 0. The summed E-state index contributed by atoms with van der Waals surface area (Å²) in [4.78, 5) is 9.74. The highest BCUT2D eigenvalue weighted by Gasteiger charge is 2.09. The quantitative estimate of drug-likeness (QED) is 0.567. The third kappa shape index (κ3) is 4.04. The predicted octanol–water partition coefficient (Wildman–Crippen LogP) is 1.31. The number of hydrogen-bond donors (Lipinski definition) is 1. The topological polar surface area (TPSA) is 29.5 Å². The van der Waals surface area contributed by atoms with Gasteiger partial charge in [0.05, 0.1) is 0 Å². The van der Waals surface area contributed by atoms with Gasteiger partial charge in [0, 0.05) is 6.61 Å². The zero-order valence-electron chi connectivity index (χ0n) is 8.65. The van der Waals surface area contributed by atoms with Crippen molar-refractivity contribution in [3.8, 4) is 0 Å². The van der Waals surface area contributed by atoms with Crippen molar-refractivity contribution in [2.75, 3.05) is 6.61 Å². The first-order chi connectivity index (χ1) is 6.84. The van der Waals surface area contributed by atoms with Crippen LogP contribution in [0, 0.1) is 0 Å². The summed E-state index contributed by atoms with van der Waals surface area (Å²) in [6.45, 7) is 2.85. The first kappa shape index (κ1) is 11.4. The van der Waals surface area contributed by atoms with Gasteiger partial charge in [-0.05, 0) is 11.6 Å². The van der Waals surface area contributed by atoms with E-state index in [0.717, 1.165) is 11.6 Å². The van der Waals surface area contributed by atoms with Crippen LogP contribution in [0.1, 0.15) is 26.2 Å². The van der Waals surface area contributed by atoms with Crippen LogP contribution in [-0.4, -0.2) is 20.7 Å². The minimum Gasteiger partial charge on any atom is -0.410 e. The van der Waals surface area contributed by atoms with Gasteiger partial charge in [-0.3, -0.25) is 0 Å². The molecule has 0 amide bonds. The second-order valence-corrected chi connectivity index (χ2v) is 5.05. The lowest BCUT2D eigenvalue weighted by Crippen LogP contribution is -2.33. The molecule has 0 fully saturated rings. The fourth-order valence-corrected chi connectivity index (χ4v) is 2.39. The van der Waals surface area contributed by atoms with Crippen LogP contribution in [0.3, 0.4) is 0 Å². The average Bonchev–Trinajstić information content (AvgIpc) is 2.25. The van der Waals surface area contributed by atoms with E-state index in [1.165, 1.54) is 12.8 Å². The standard InChI is InChI=1S/C11H18O2Si/c1-2-3-7-10-13-14(12)11-8-5-4-6-9-11/h4-6,8-9,12,14H,2-3,7,10H2,1H3. The SMILES string of the molecule is CCCCCO[SiH](O)c1ccccc1. The van der Waals surface area contributed by atoms with Crippen molar-refractivity contribution in [1.82, 2.24) is 0 Å². The normalized spacial score (nSPS) is 12.7. The lowest BCUT2D eigenvalue weighted by atomic mass is 10.3. The van der Waals surface area contributed by atoms with Crippen LogP contribution in [0.4, 0.5) is 0 Å². The number of unbranched alkanes of at least 4 members (excludes halogenated alkanes) is 2. The van der Waals surface area contributed by atoms with Gasteiger partial charge in [0.1, 0.15) is 0 Å². The van der Waals surface area contributed by atoms with Crippen molar-refractivity contribution in [3.63, 3.8) is 0 Å². The van der Waals surface area contributed by atoms with Gasteiger partial charge in [-0.1, -0.05) is 50.1 Å². The molecule has 78 valence electrons. The molecule has 0 aromatic heterocycles. The van der Waals surface area contributed by atoms with Gasteiger partial charge in [-0.15, -0.1) is 0 Å². The van der Waals surface area contributed by atoms with Crippen molar-refractivity contribution in [3.05, 3.63) is 30.3 Å². The Morgan fingerprint density at radius 1 is 1.21 bits per heavy atom. The smallest absolute Gasteiger partial charge is 0.353 e. The molecule has 14 heavy (non-hydrogen) atoms. The molecule has 0 aliphatic heterocycles. The summed E-state index contributed by atoms with van der Waals surface area (Å²) < 4.78 is 5.42. The first-order valence-corrected chi connectivity index (χ1v) is 6.75. The monoisotopic (exact) mass is 210 g/mol. The highest BCUT2D eigenvalue weighted by atomic mass is 28.3. The second kappa shape index (κ2) is 6.76. The molecule has 1 unspecified atom stereocenters. The summed E-state index contributed by atoms with van der Waals surface area (Å²) in [5.74, 6) is 0. The molecule has 0 aliphatic rings. The predicted molar refractivity (Wildman–Crippen MR) is 60.9 cm³/mol. The Morgan fingerprint density at radius 3 is 2.57 bits per heavy atom. The molecule has 1 aromatic rings. The number of rotatable bonds is 6. The minimum absolute atomic E-state index is 0.691. The molecule has 3 heteroatoms.